The van der Waals surface area contributed by atoms with E-state index in [9.17, 15) is 9.59 Å². The van der Waals surface area contributed by atoms with Gasteiger partial charge in [0.2, 0.25) is 5.91 Å². The summed E-state index contributed by atoms with van der Waals surface area (Å²) in [6.07, 6.45) is 4.91. The van der Waals surface area contributed by atoms with E-state index in [0.717, 1.165) is 37.1 Å². The SMILES string of the molecule is Cc1ccc(C(=O)N2CC=C(c3ccccc3)CC2)cc1NC(=O)[C@@H]1CCCN1C. The van der Waals surface area contributed by atoms with Crippen LogP contribution in [0.15, 0.2) is 54.6 Å². The molecule has 1 N–H and O–H groups in total. The second-order valence-electron chi connectivity index (χ2n) is 8.25. The molecule has 2 aromatic carbocycles. The molecule has 0 spiro atoms. The molecule has 156 valence electrons. The molecule has 1 fully saturated rings. The number of benzene rings is 2. The van der Waals surface area contributed by atoms with Crippen molar-refractivity contribution in [2.45, 2.75) is 32.2 Å². The predicted molar refractivity (Wildman–Crippen MR) is 120 cm³/mol. The second kappa shape index (κ2) is 8.84. The normalized spacial score (nSPS) is 19.5. The van der Waals surface area contributed by atoms with Crippen LogP contribution in [0.4, 0.5) is 5.69 Å². The molecule has 2 aromatic rings. The van der Waals surface area contributed by atoms with Gasteiger partial charge in [-0.1, -0.05) is 42.5 Å². The Labute approximate surface area is 178 Å². The number of nitrogens with zero attached hydrogens (tertiary/aromatic N) is 2. The van der Waals surface area contributed by atoms with E-state index in [1.807, 2.05) is 55.3 Å². The number of carbonyl (C=O) groups excluding carboxylic acids is 2. The summed E-state index contributed by atoms with van der Waals surface area (Å²) in [5, 5.41) is 3.05. The van der Waals surface area contributed by atoms with Gasteiger partial charge < -0.3 is 10.2 Å². The van der Waals surface area contributed by atoms with Crippen LogP contribution in [-0.4, -0.2) is 54.3 Å². The number of carbonyl (C=O) groups is 2. The third kappa shape index (κ3) is 4.31. The van der Waals surface area contributed by atoms with Crippen LogP contribution in [0.1, 0.15) is 40.7 Å². The lowest BCUT2D eigenvalue weighted by Crippen LogP contribution is -2.37. The molecule has 0 bridgehead atoms. The second-order valence-corrected chi connectivity index (χ2v) is 8.25. The molecule has 2 aliphatic rings. The fourth-order valence-electron chi connectivity index (χ4n) is 4.30. The van der Waals surface area contributed by atoms with Crippen molar-refractivity contribution >= 4 is 23.1 Å². The summed E-state index contributed by atoms with van der Waals surface area (Å²) >= 11 is 0. The average Bonchev–Trinajstić information content (AvgIpc) is 3.21. The van der Waals surface area contributed by atoms with Crippen LogP contribution in [0.3, 0.4) is 0 Å². The first-order valence-corrected chi connectivity index (χ1v) is 10.7. The lowest BCUT2D eigenvalue weighted by atomic mass is 9.99. The van der Waals surface area contributed by atoms with Crippen LogP contribution in [0.5, 0.6) is 0 Å². The van der Waals surface area contributed by atoms with E-state index < -0.39 is 0 Å². The van der Waals surface area contributed by atoms with Crippen molar-refractivity contribution in [1.29, 1.82) is 0 Å². The van der Waals surface area contributed by atoms with Gasteiger partial charge in [-0.2, -0.15) is 0 Å². The predicted octanol–water partition coefficient (Wildman–Crippen LogP) is 3.96. The van der Waals surface area contributed by atoms with Crippen LogP contribution in [0.2, 0.25) is 0 Å². The molecule has 0 saturated carbocycles. The minimum atomic E-state index is -0.0904. The van der Waals surface area contributed by atoms with Crippen LogP contribution >= 0.6 is 0 Å². The Morgan fingerprint density at radius 1 is 1.07 bits per heavy atom. The quantitative estimate of drug-likeness (QED) is 0.841. The van der Waals surface area contributed by atoms with E-state index in [4.69, 9.17) is 0 Å². The first-order valence-electron chi connectivity index (χ1n) is 10.7. The molecule has 0 aromatic heterocycles. The van der Waals surface area contributed by atoms with Crippen LogP contribution in [0.25, 0.3) is 5.57 Å². The van der Waals surface area contributed by atoms with E-state index in [1.165, 1.54) is 11.1 Å². The van der Waals surface area contributed by atoms with Gasteiger partial charge in [0.05, 0.1) is 6.04 Å². The maximum atomic E-state index is 13.1. The molecule has 1 saturated heterocycles. The van der Waals surface area contributed by atoms with Gasteiger partial charge in [-0.3, -0.25) is 14.5 Å². The summed E-state index contributed by atoms with van der Waals surface area (Å²) in [6, 6.07) is 15.8. The number of likely N-dealkylation sites (N-methyl/N-ethyl adjacent to an activating group) is 1. The van der Waals surface area contributed by atoms with E-state index in [0.29, 0.717) is 18.7 Å². The Morgan fingerprint density at radius 3 is 2.53 bits per heavy atom. The van der Waals surface area contributed by atoms with Crippen LogP contribution in [0, 0.1) is 6.92 Å². The molecule has 2 aliphatic heterocycles. The monoisotopic (exact) mass is 403 g/mol. The largest absolute Gasteiger partial charge is 0.335 e. The topological polar surface area (TPSA) is 52.7 Å². The van der Waals surface area contributed by atoms with E-state index in [-0.39, 0.29) is 17.9 Å². The Bertz CT molecular complexity index is 968. The van der Waals surface area contributed by atoms with Gasteiger partial charge in [0, 0.05) is 24.3 Å². The van der Waals surface area contributed by atoms with Crippen molar-refractivity contribution < 1.29 is 9.59 Å². The number of hydrogen-bond donors (Lipinski definition) is 1. The zero-order valence-corrected chi connectivity index (χ0v) is 17.7. The zero-order chi connectivity index (χ0) is 21.1. The Hall–Kier alpha value is -2.92. The average molecular weight is 404 g/mol. The van der Waals surface area contributed by atoms with Gasteiger partial charge in [0.15, 0.2) is 0 Å². The highest BCUT2D eigenvalue weighted by Gasteiger charge is 2.28. The zero-order valence-electron chi connectivity index (χ0n) is 17.7. The standard InChI is InChI=1S/C25H29N3O2/c1-18-10-11-21(17-22(18)26-24(29)23-9-6-14-27(23)2)25(30)28-15-12-20(13-16-28)19-7-4-3-5-8-19/h3-5,7-8,10-12,17,23H,6,9,13-16H2,1-2H3,(H,26,29)/t23-/m0/s1. The van der Waals surface area contributed by atoms with Crippen LogP contribution in [-0.2, 0) is 4.79 Å². The lowest BCUT2D eigenvalue weighted by Gasteiger charge is -2.27. The van der Waals surface area contributed by atoms with E-state index in [1.54, 1.807) is 0 Å². The minimum Gasteiger partial charge on any atom is -0.335 e. The number of hydrogen-bond acceptors (Lipinski definition) is 3. The Balaban J connectivity index is 1.45. The molecule has 1 atom stereocenters. The number of nitrogens with one attached hydrogen (secondary N) is 1. The lowest BCUT2D eigenvalue weighted by molar-refractivity contribution is -0.119. The molecule has 0 unspecified atom stereocenters. The number of aryl methyl sites for hydroxylation is 1. The molecule has 5 heteroatoms. The van der Waals surface area contributed by atoms with Gasteiger partial charge >= 0.3 is 0 Å². The maximum Gasteiger partial charge on any atom is 0.254 e. The summed E-state index contributed by atoms with van der Waals surface area (Å²) in [4.78, 5) is 29.7. The molecular formula is C25H29N3O2. The van der Waals surface area contributed by atoms with Gasteiger partial charge in [0.1, 0.15) is 0 Å². The number of anilines is 1. The summed E-state index contributed by atoms with van der Waals surface area (Å²) in [7, 11) is 1.98. The molecule has 5 nitrogen and oxygen atoms in total. The van der Waals surface area contributed by atoms with Gasteiger partial charge in [-0.15, -0.1) is 0 Å². The smallest absolute Gasteiger partial charge is 0.254 e. The molecule has 30 heavy (non-hydrogen) atoms. The van der Waals surface area contributed by atoms with Crippen molar-refractivity contribution in [3.05, 3.63) is 71.3 Å². The molecule has 2 amide bonds. The number of rotatable bonds is 4. The Morgan fingerprint density at radius 2 is 1.87 bits per heavy atom. The third-order valence-corrected chi connectivity index (χ3v) is 6.21. The van der Waals surface area contributed by atoms with Crippen LogP contribution < -0.4 is 5.32 Å². The Kier molecular flexibility index (Phi) is 6.00. The summed E-state index contributed by atoms with van der Waals surface area (Å²) in [5.41, 5.74) is 4.82. The van der Waals surface area contributed by atoms with Gasteiger partial charge in [-0.05, 0) is 68.6 Å². The first kappa shape index (κ1) is 20.4. The number of amides is 2. The first-order chi connectivity index (χ1) is 14.5. The molecule has 2 heterocycles. The third-order valence-electron chi connectivity index (χ3n) is 6.21. The van der Waals surface area contributed by atoms with Crippen molar-refractivity contribution in [1.82, 2.24) is 9.80 Å². The number of likely N-dealkylation sites (tertiary alicyclic amines) is 1. The highest BCUT2D eigenvalue weighted by molar-refractivity contribution is 5.99. The molecule has 4 rings (SSSR count). The summed E-state index contributed by atoms with van der Waals surface area (Å²) < 4.78 is 0. The fourth-order valence-corrected chi connectivity index (χ4v) is 4.30. The minimum absolute atomic E-state index is 0.00634. The fraction of sp³-hybridized carbons (Fsp3) is 0.360. The molecule has 0 aliphatic carbocycles. The summed E-state index contributed by atoms with van der Waals surface area (Å²) in [5.74, 6) is 0.0166. The molecular weight excluding hydrogens is 374 g/mol. The van der Waals surface area contributed by atoms with E-state index >= 15 is 0 Å². The highest BCUT2D eigenvalue weighted by atomic mass is 16.2. The summed E-state index contributed by atoms with van der Waals surface area (Å²) in [6.45, 7) is 4.20. The highest BCUT2D eigenvalue weighted by Crippen LogP contribution is 2.25. The molecule has 0 radical (unpaired) electrons. The maximum absolute atomic E-state index is 13.1. The van der Waals surface area contributed by atoms with Gasteiger partial charge in [0.25, 0.3) is 5.91 Å². The van der Waals surface area contributed by atoms with Gasteiger partial charge in [-0.25, -0.2) is 0 Å². The van der Waals surface area contributed by atoms with Crippen molar-refractivity contribution in [3.8, 4) is 0 Å². The van der Waals surface area contributed by atoms with Crippen molar-refractivity contribution in [2.24, 2.45) is 0 Å². The van der Waals surface area contributed by atoms with E-state index in [2.05, 4.69) is 28.4 Å². The van der Waals surface area contributed by atoms with Crippen molar-refractivity contribution in [2.75, 3.05) is 32.0 Å². The van der Waals surface area contributed by atoms with Crippen molar-refractivity contribution in [3.63, 3.8) is 0 Å².